The van der Waals surface area contributed by atoms with Crippen LogP contribution in [0.2, 0.25) is 5.02 Å². The van der Waals surface area contributed by atoms with E-state index in [9.17, 15) is 27.9 Å². The number of carboxylic acid groups (broad SMARTS) is 1. The maximum atomic E-state index is 14.5. The van der Waals surface area contributed by atoms with E-state index in [0.29, 0.717) is 54.5 Å². The second kappa shape index (κ2) is 15.8. The Kier molecular flexibility index (Phi) is 11.4. The Morgan fingerprint density at radius 1 is 0.944 bits per heavy atom. The summed E-state index contributed by atoms with van der Waals surface area (Å²) in [7, 11) is 2.86. The van der Waals surface area contributed by atoms with Crippen LogP contribution in [0.5, 0.6) is 11.8 Å². The molecule has 0 radical (unpaired) electrons. The summed E-state index contributed by atoms with van der Waals surface area (Å²) in [6, 6.07) is 15.7. The number of alkyl halides is 3. The lowest BCUT2D eigenvalue weighted by Gasteiger charge is -2.24. The zero-order chi connectivity index (χ0) is 38.8. The summed E-state index contributed by atoms with van der Waals surface area (Å²) >= 11 is 7.11. The lowest BCUT2D eigenvalue weighted by molar-refractivity contribution is -0.143. The minimum atomic E-state index is -4.75. The molecule has 11 nitrogen and oxygen atoms in total. The number of pyridine rings is 2. The summed E-state index contributed by atoms with van der Waals surface area (Å²) in [4.78, 5) is 32.1. The Morgan fingerprint density at radius 3 is 2.33 bits per heavy atom. The van der Waals surface area contributed by atoms with Gasteiger partial charge in [0.05, 0.1) is 36.5 Å². The van der Waals surface area contributed by atoms with Gasteiger partial charge in [-0.05, 0) is 61.9 Å². The quantitative estimate of drug-likeness (QED) is 0.0917. The Morgan fingerprint density at radius 2 is 1.65 bits per heavy atom. The molecule has 0 bridgehead atoms. The summed E-state index contributed by atoms with van der Waals surface area (Å²) in [6.45, 7) is 3.76. The molecule has 0 saturated carbocycles. The first-order chi connectivity index (χ1) is 25.7. The molecule has 15 heteroatoms. The van der Waals surface area contributed by atoms with Gasteiger partial charge in [0, 0.05) is 54.4 Å². The number of nitrogens with one attached hydrogen (secondary N) is 4. The van der Waals surface area contributed by atoms with Crippen LogP contribution in [-0.4, -0.2) is 59.3 Å². The number of carbonyl (C=O) groups excluding carboxylic acids is 1. The Balaban J connectivity index is 1.25. The molecule has 1 aliphatic heterocycles. The third-order valence-electron chi connectivity index (χ3n) is 9.89. The van der Waals surface area contributed by atoms with Gasteiger partial charge < -0.3 is 30.5 Å². The number of aliphatic carboxylic acids is 1. The summed E-state index contributed by atoms with van der Waals surface area (Å²) in [5, 5.41) is 22.0. The van der Waals surface area contributed by atoms with Gasteiger partial charge in [0.2, 0.25) is 17.7 Å². The van der Waals surface area contributed by atoms with Gasteiger partial charge in [-0.15, -0.1) is 0 Å². The summed E-state index contributed by atoms with van der Waals surface area (Å²) < 4.78 is 54.4. The fourth-order valence-electron chi connectivity index (χ4n) is 6.86. The maximum Gasteiger partial charge on any atom is 0.419 e. The van der Waals surface area contributed by atoms with Crippen LogP contribution >= 0.6 is 11.6 Å². The molecule has 4 aromatic rings. The number of carbonyl (C=O) groups is 2. The van der Waals surface area contributed by atoms with Crippen LogP contribution < -0.4 is 30.7 Å². The number of fused-ring (bicyclic) bond motifs is 1. The van der Waals surface area contributed by atoms with Crippen molar-refractivity contribution in [2.45, 2.75) is 76.4 Å². The van der Waals surface area contributed by atoms with Crippen LogP contribution in [0.1, 0.15) is 67.0 Å². The van der Waals surface area contributed by atoms with Crippen LogP contribution in [0.25, 0.3) is 22.4 Å². The first-order valence-corrected chi connectivity index (χ1v) is 17.9. The van der Waals surface area contributed by atoms with Gasteiger partial charge in [0.1, 0.15) is 11.4 Å². The van der Waals surface area contributed by atoms with Crippen molar-refractivity contribution >= 4 is 29.3 Å². The standard InChI is InChI=1S/C39H42ClF3N6O5/c1-38(2,37(51)52)45-19-22-17-29(39(41,42)43)34(49-36(22)54-4)47-30-15-13-25-24(7-5-8-26(25)30)27-9-6-10-28(33(27)40)31-14-11-21(35(48-31)53-3)18-44-20-23-12-16-32(50)46-23/h5-11,14,17,23,30,44-45H,12-13,15-16,18-20H2,1-4H3,(H,46,50)(H,47,49)(H,51,52)/t23-,30-/m0/s1. The highest BCUT2D eigenvalue weighted by molar-refractivity contribution is 6.36. The molecule has 1 aliphatic carbocycles. The number of halogens is 4. The fraction of sp³-hybridized carbons (Fsp3) is 0.385. The van der Waals surface area contributed by atoms with Gasteiger partial charge >= 0.3 is 12.1 Å². The monoisotopic (exact) mass is 766 g/mol. The summed E-state index contributed by atoms with van der Waals surface area (Å²) in [5.41, 5.74) is 3.25. The molecule has 54 heavy (non-hydrogen) atoms. The second-order valence-electron chi connectivity index (χ2n) is 13.9. The van der Waals surface area contributed by atoms with Crippen molar-refractivity contribution in [1.29, 1.82) is 0 Å². The molecule has 1 amide bonds. The number of methoxy groups -OCH3 is 2. The molecule has 0 unspecified atom stereocenters. The highest BCUT2D eigenvalue weighted by atomic mass is 35.5. The summed E-state index contributed by atoms with van der Waals surface area (Å²) in [5.74, 6) is -1.07. The number of benzene rings is 2. The number of aromatic nitrogens is 2. The third kappa shape index (κ3) is 8.25. The predicted octanol–water partition coefficient (Wildman–Crippen LogP) is 6.92. The van der Waals surface area contributed by atoms with Gasteiger partial charge in [0.15, 0.2) is 0 Å². The fourth-order valence-corrected chi connectivity index (χ4v) is 7.19. The first kappa shape index (κ1) is 38.8. The van der Waals surface area contributed by atoms with E-state index in [-0.39, 0.29) is 35.8 Å². The van der Waals surface area contributed by atoms with E-state index in [2.05, 4.69) is 26.3 Å². The number of amides is 1. The van der Waals surface area contributed by atoms with Crippen molar-refractivity contribution in [3.63, 3.8) is 0 Å². The molecule has 5 N–H and O–H groups in total. The van der Waals surface area contributed by atoms with Crippen molar-refractivity contribution in [2.75, 3.05) is 26.1 Å². The predicted molar refractivity (Wildman–Crippen MR) is 199 cm³/mol. The Labute approximate surface area is 316 Å². The van der Waals surface area contributed by atoms with Crippen LogP contribution in [0.4, 0.5) is 19.0 Å². The average molecular weight is 767 g/mol. The van der Waals surface area contributed by atoms with Crippen LogP contribution in [-0.2, 0) is 35.3 Å². The van der Waals surface area contributed by atoms with Crippen molar-refractivity contribution in [3.8, 4) is 34.1 Å². The number of anilines is 1. The molecular weight excluding hydrogens is 725 g/mol. The minimum Gasteiger partial charge on any atom is -0.481 e. The van der Waals surface area contributed by atoms with E-state index < -0.39 is 29.3 Å². The van der Waals surface area contributed by atoms with Crippen molar-refractivity contribution < 1.29 is 37.3 Å². The molecule has 2 aliphatic rings. The molecule has 2 aromatic heterocycles. The normalized spacial score (nSPS) is 16.9. The van der Waals surface area contributed by atoms with E-state index in [1.54, 1.807) is 7.11 Å². The lowest BCUT2D eigenvalue weighted by atomic mass is 9.94. The lowest BCUT2D eigenvalue weighted by Crippen LogP contribution is -2.46. The third-order valence-corrected chi connectivity index (χ3v) is 10.3. The molecule has 1 fully saturated rings. The van der Waals surface area contributed by atoms with Gasteiger partial charge in [0.25, 0.3) is 0 Å². The number of carboxylic acids is 1. The van der Waals surface area contributed by atoms with Gasteiger partial charge in [-0.3, -0.25) is 14.9 Å². The van der Waals surface area contributed by atoms with Crippen molar-refractivity contribution in [1.82, 2.24) is 25.9 Å². The number of rotatable bonds is 14. The van der Waals surface area contributed by atoms with Gasteiger partial charge in [-0.1, -0.05) is 54.1 Å². The zero-order valence-corrected chi connectivity index (χ0v) is 31.0. The molecule has 1 saturated heterocycles. The van der Waals surface area contributed by atoms with Gasteiger partial charge in [-0.25, -0.2) is 4.98 Å². The van der Waals surface area contributed by atoms with E-state index in [1.807, 2.05) is 48.5 Å². The van der Waals surface area contributed by atoms with Crippen molar-refractivity contribution in [2.24, 2.45) is 0 Å². The first-order valence-electron chi connectivity index (χ1n) is 17.5. The molecule has 6 rings (SSSR count). The summed E-state index contributed by atoms with van der Waals surface area (Å²) in [6.07, 6.45) is -2.34. The Hall–Kier alpha value is -4.92. The van der Waals surface area contributed by atoms with E-state index >= 15 is 0 Å². The maximum absolute atomic E-state index is 14.5. The van der Waals surface area contributed by atoms with Crippen LogP contribution in [0.15, 0.2) is 54.6 Å². The zero-order valence-electron chi connectivity index (χ0n) is 30.3. The molecule has 2 aromatic carbocycles. The van der Waals surface area contributed by atoms with E-state index in [1.165, 1.54) is 21.0 Å². The smallest absolute Gasteiger partial charge is 0.419 e. The number of ether oxygens (including phenoxy) is 2. The van der Waals surface area contributed by atoms with E-state index in [0.717, 1.165) is 40.3 Å². The van der Waals surface area contributed by atoms with Crippen LogP contribution in [0, 0.1) is 0 Å². The van der Waals surface area contributed by atoms with Crippen molar-refractivity contribution in [3.05, 3.63) is 87.4 Å². The largest absolute Gasteiger partial charge is 0.481 e. The molecule has 2 atom stereocenters. The molecule has 0 spiro atoms. The molecule has 286 valence electrons. The number of nitrogens with zero attached hydrogens (tertiary/aromatic N) is 2. The molecular formula is C39H42ClF3N6O5. The number of hydrogen-bond donors (Lipinski definition) is 5. The highest BCUT2D eigenvalue weighted by Crippen LogP contribution is 2.45. The highest BCUT2D eigenvalue weighted by Gasteiger charge is 2.38. The second-order valence-corrected chi connectivity index (χ2v) is 14.3. The van der Waals surface area contributed by atoms with Crippen LogP contribution in [0.3, 0.4) is 0 Å². The van der Waals surface area contributed by atoms with E-state index in [4.69, 9.17) is 26.1 Å². The average Bonchev–Trinajstić information content (AvgIpc) is 3.75. The SMILES string of the molecule is COc1nc(-c2cccc(-c3cccc4c3CC[C@@H]4Nc3nc(OC)c(CNC(C)(C)C(=O)O)cc3C(F)(F)F)c2Cl)ccc1CNC[C@@H]1CCC(=O)N1. The van der Waals surface area contributed by atoms with Gasteiger partial charge in [-0.2, -0.15) is 18.2 Å². The number of hydrogen-bond acceptors (Lipinski definition) is 9. The topological polar surface area (TPSA) is 147 Å². The molecule has 3 heterocycles. The Bertz CT molecular complexity index is 2060. The minimum absolute atomic E-state index is 0.0524.